The molecule has 1 amide bonds. The second kappa shape index (κ2) is 10.7. The Morgan fingerprint density at radius 1 is 1.06 bits per heavy atom. The third-order valence-electron chi connectivity index (χ3n) is 5.40. The van der Waals surface area contributed by atoms with E-state index in [-0.39, 0.29) is 5.91 Å². The van der Waals surface area contributed by atoms with Crippen LogP contribution in [-0.4, -0.2) is 64.7 Å². The van der Waals surface area contributed by atoms with Gasteiger partial charge in [-0.15, -0.1) is 10.2 Å². The number of amides is 1. The van der Waals surface area contributed by atoms with Gasteiger partial charge in [-0.3, -0.25) is 9.36 Å². The van der Waals surface area contributed by atoms with Gasteiger partial charge in [-0.25, -0.2) is 0 Å². The number of nitrogens with zero attached hydrogens (tertiary/aromatic N) is 4. The Bertz CT molecular complexity index is 1030. The van der Waals surface area contributed by atoms with Gasteiger partial charge >= 0.3 is 0 Å². The summed E-state index contributed by atoms with van der Waals surface area (Å²) in [4.78, 5) is 14.3. The summed E-state index contributed by atoms with van der Waals surface area (Å²) in [6.07, 6.45) is 1.32. The highest BCUT2D eigenvalue weighted by atomic mass is 32.2. The molecule has 1 aliphatic rings. The Balaban J connectivity index is 1.49. The Morgan fingerprint density at radius 3 is 2.47 bits per heavy atom. The molecule has 1 saturated heterocycles. The molecule has 0 atom stereocenters. The van der Waals surface area contributed by atoms with Gasteiger partial charge in [0.15, 0.2) is 11.0 Å². The fraction of sp³-hybridized carbons (Fsp3) is 0.375. The molecular weight excluding hydrogens is 424 g/mol. The van der Waals surface area contributed by atoms with Crippen LogP contribution in [0.1, 0.15) is 18.4 Å². The summed E-state index contributed by atoms with van der Waals surface area (Å²) in [6, 6.07) is 16.2. The van der Waals surface area contributed by atoms with Crippen LogP contribution < -0.4 is 4.74 Å². The zero-order valence-electron chi connectivity index (χ0n) is 18.5. The molecule has 0 N–H and O–H groups in total. The Morgan fingerprint density at radius 2 is 1.78 bits per heavy atom. The lowest BCUT2D eigenvalue weighted by Gasteiger charge is -2.26. The summed E-state index contributed by atoms with van der Waals surface area (Å²) < 4.78 is 12.7. The highest BCUT2D eigenvalue weighted by molar-refractivity contribution is 7.99. The number of rotatable bonds is 8. The van der Waals surface area contributed by atoms with Crippen molar-refractivity contribution < 1.29 is 14.3 Å². The molecule has 1 aromatic heterocycles. The van der Waals surface area contributed by atoms with Gasteiger partial charge in [-0.1, -0.05) is 41.6 Å². The van der Waals surface area contributed by atoms with Gasteiger partial charge in [0.2, 0.25) is 5.91 Å². The summed E-state index contributed by atoms with van der Waals surface area (Å²) in [6.45, 7) is 4.72. The minimum atomic E-state index is 0.200. The molecule has 0 aliphatic carbocycles. The molecule has 0 radical (unpaired) electrons. The lowest BCUT2D eigenvalue weighted by Crippen LogP contribution is -2.40. The first kappa shape index (κ1) is 22.4. The predicted molar refractivity (Wildman–Crippen MR) is 125 cm³/mol. The number of aryl methyl sites for hydroxylation is 1. The molecule has 0 saturated carbocycles. The zero-order valence-corrected chi connectivity index (χ0v) is 19.3. The zero-order chi connectivity index (χ0) is 22.3. The SMILES string of the molecule is COc1ccc(-n2c(SCCCC(=O)N3CCOCC3)nnc2-c2ccc(C)cc2)cc1. The maximum absolute atomic E-state index is 12.4. The third kappa shape index (κ3) is 5.31. The molecule has 2 aromatic carbocycles. The van der Waals surface area contributed by atoms with E-state index in [4.69, 9.17) is 9.47 Å². The number of carbonyl (C=O) groups is 1. The molecule has 0 bridgehead atoms. The summed E-state index contributed by atoms with van der Waals surface area (Å²) in [7, 11) is 1.66. The van der Waals surface area contributed by atoms with E-state index < -0.39 is 0 Å². The van der Waals surface area contributed by atoms with E-state index in [0.717, 1.165) is 40.2 Å². The van der Waals surface area contributed by atoms with Crippen molar-refractivity contribution in [1.82, 2.24) is 19.7 Å². The highest BCUT2D eigenvalue weighted by Gasteiger charge is 2.18. The monoisotopic (exact) mass is 452 g/mol. The van der Waals surface area contributed by atoms with Crippen LogP contribution in [-0.2, 0) is 9.53 Å². The molecule has 8 heteroatoms. The highest BCUT2D eigenvalue weighted by Crippen LogP contribution is 2.29. The first-order valence-electron chi connectivity index (χ1n) is 10.8. The van der Waals surface area contributed by atoms with Gasteiger partial charge in [0.25, 0.3) is 0 Å². The number of hydrogen-bond donors (Lipinski definition) is 0. The van der Waals surface area contributed by atoms with Gasteiger partial charge < -0.3 is 14.4 Å². The number of aromatic nitrogens is 3. The first-order valence-corrected chi connectivity index (χ1v) is 11.8. The number of hydrogen-bond acceptors (Lipinski definition) is 6. The maximum atomic E-state index is 12.4. The molecule has 168 valence electrons. The fourth-order valence-electron chi connectivity index (χ4n) is 3.57. The van der Waals surface area contributed by atoms with Crippen LogP contribution in [0.25, 0.3) is 17.1 Å². The summed E-state index contributed by atoms with van der Waals surface area (Å²) in [5.41, 5.74) is 3.18. The molecule has 1 fully saturated rings. The Hall–Kier alpha value is -2.84. The van der Waals surface area contributed by atoms with Gasteiger partial charge in [-0.05, 0) is 37.6 Å². The van der Waals surface area contributed by atoms with Crippen molar-refractivity contribution in [3.63, 3.8) is 0 Å². The topological polar surface area (TPSA) is 69.5 Å². The molecule has 7 nitrogen and oxygen atoms in total. The second-order valence-electron chi connectivity index (χ2n) is 7.65. The molecule has 2 heterocycles. The summed E-state index contributed by atoms with van der Waals surface area (Å²) >= 11 is 1.62. The molecule has 4 rings (SSSR count). The average Bonchev–Trinajstić information content (AvgIpc) is 3.26. The Kier molecular flexibility index (Phi) is 7.44. The van der Waals surface area contributed by atoms with Crippen molar-refractivity contribution >= 4 is 17.7 Å². The molecular formula is C24H28N4O3S. The lowest BCUT2D eigenvalue weighted by atomic mass is 10.1. The smallest absolute Gasteiger partial charge is 0.222 e. The van der Waals surface area contributed by atoms with E-state index in [2.05, 4.69) is 46.0 Å². The van der Waals surface area contributed by atoms with Crippen molar-refractivity contribution in [2.75, 3.05) is 39.2 Å². The molecule has 0 unspecified atom stereocenters. The van der Waals surface area contributed by atoms with Crippen molar-refractivity contribution in [1.29, 1.82) is 0 Å². The van der Waals surface area contributed by atoms with Crippen LogP contribution in [0.2, 0.25) is 0 Å². The van der Waals surface area contributed by atoms with Crippen LogP contribution in [0.3, 0.4) is 0 Å². The van der Waals surface area contributed by atoms with E-state index in [1.54, 1.807) is 18.9 Å². The summed E-state index contributed by atoms with van der Waals surface area (Å²) in [5.74, 6) is 2.58. The number of ether oxygens (including phenoxy) is 2. The minimum absolute atomic E-state index is 0.200. The average molecular weight is 453 g/mol. The van der Waals surface area contributed by atoms with Crippen LogP contribution in [0.5, 0.6) is 5.75 Å². The largest absolute Gasteiger partial charge is 0.497 e. The number of morpholine rings is 1. The summed E-state index contributed by atoms with van der Waals surface area (Å²) in [5, 5.41) is 9.78. The minimum Gasteiger partial charge on any atom is -0.497 e. The van der Waals surface area contributed by atoms with E-state index in [1.807, 2.05) is 29.2 Å². The van der Waals surface area contributed by atoms with E-state index in [9.17, 15) is 4.79 Å². The fourth-order valence-corrected chi connectivity index (χ4v) is 4.47. The lowest BCUT2D eigenvalue weighted by molar-refractivity contribution is -0.135. The molecule has 0 spiro atoms. The van der Waals surface area contributed by atoms with Gasteiger partial charge in [0.05, 0.1) is 20.3 Å². The number of thioether (sulfide) groups is 1. The van der Waals surface area contributed by atoms with Gasteiger partial charge in [0.1, 0.15) is 5.75 Å². The van der Waals surface area contributed by atoms with Crippen molar-refractivity contribution in [3.05, 3.63) is 54.1 Å². The van der Waals surface area contributed by atoms with E-state index >= 15 is 0 Å². The maximum Gasteiger partial charge on any atom is 0.222 e. The number of benzene rings is 2. The van der Waals surface area contributed by atoms with Crippen LogP contribution in [0.4, 0.5) is 0 Å². The van der Waals surface area contributed by atoms with Crippen LogP contribution in [0, 0.1) is 6.92 Å². The van der Waals surface area contributed by atoms with Crippen molar-refractivity contribution in [2.45, 2.75) is 24.9 Å². The number of methoxy groups -OCH3 is 1. The normalized spacial score (nSPS) is 13.9. The number of carbonyl (C=O) groups excluding carboxylic acids is 1. The van der Waals surface area contributed by atoms with E-state index in [1.165, 1.54) is 5.56 Å². The quantitative estimate of drug-likeness (QED) is 0.380. The molecule has 3 aromatic rings. The van der Waals surface area contributed by atoms with Crippen molar-refractivity contribution in [2.24, 2.45) is 0 Å². The van der Waals surface area contributed by atoms with Crippen LogP contribution >= 0.6 is 11.8 Å². The van der Waals surface area contributed by atoms with Crippen molar-refractivity contribution in [3.8, 4) is 22.8 Å². The molecule has 32 heavy (non-hydrogen) atoms. The first-order chi connectivity index (χ1) is 15.7. The van der Waals surface area contributed by atoms with Gasteiger partial charge in [-0.2, -0.15) is 0 Å². The molecule has 1 aliphatic heterocycles. The third-order valence-corrected chi connectivity index (χ3v) is 6.42. The Labute approximate surface area is 192 Å². The predicted octanol–water partition coefficient (Wildman–Crippen LogP) is 3.98. The van der Waals surface area contributed by atoms with E-state index in [0.29, 0.717) is 32.7 Å². The van der Waals surface area contributed by atoms with Crippen LogP contribution in [0.15, 0.2) is 53.7 Å². The van der Waals surface area contributed by atoms with Gasteiger partial charge in [0, 0.05) is 36.5 Å². The standard InChI is InChI=1S/C24H28N4O3S/c1-18-5-7-19(8-6-18)23-25-26-24(28(23)20-9-11-21(30-2)12-10-20)32-17-3-4-22(29)27-13-15-31-16-14-27/h5-12H,3-4,13-17H2,1-2H3. The second-order valence-corrected chi connectivity index (χ2v) is 8.71.